The van der Waals surface area contributed by atoms with Gasteiger partial charge >= 0.3 is 0 Å². The summed E-state index contributed by atoms with van der Waals surface area (Å²) in [5.74, 6) is 0.379. The highest BCUT2D eigenvalue weighted by molar-refractivity contribution is 6.08. The topological polar surface area (TPSA) is 78.1 Å². The number of rotatable bonds is 4. The van der Waals surface area contributed by atoms with E-state index in [0.29, 0.717) is 17.2 Å². The summed E-state index contributed by atoms with van der Waals surface area (Å²) in [6, 6.07) is 7.29. The fourth-order valence-corrected chi connectivity index (χ4v) is 2.32. The van der Waals surface area contributed by atoms with Crippen LogP contribution >= 0.6 is 0 Å². The predicted molar refractivity (Wildman–Crippen MR) is 83.4 cm³/mol. The van der Waals surface area contributed by atoms with Crippen molar-refractivity contribution < 1.29 is 13.9 Å². The fourth-order valence-electron chi connectivity index (χ4n) is 2.32. The maximum atomic E-state index is 12.5. The molecule has 0 aliphatic carbocycles. The Balaban J connectivity index is 2.04. The van der Waals surface area contributed by atoms with Gasteiger partial charge < -0.3 is 9.15 Å². The second-order valence-corrected chi connectivity index (χ2v) is 5.06. The number of carbonyl (C=O) groups excluding carboxylic acids is 1. The Kier molecular flexibility index (Phi) is 3.89. The average Bonchev–Trinajstić information content (AvgIpc) is 3.00. The van der Waals surface area contributed by atoms with Crippen LogP contribution in [0.4, 0.5) is 0 Å². The third-order valence-corrected chi connectivity index (χ3v) is 3.52. The number of carbonyl (C=O) groups is 1. The second kappa shape index (κ2) is 6.00. The van der Waals surface area contributed by atoms with Crippen molar-refractivity contribution in [2.24, 2.45) is 0 Å². The normalized spacial score (nSPS) is 10.6. The molecule has 0 saturated heterocycles. The minimum Gasteiger partial charge on any atom is -0.496 e. The summed E-state index contributed by atoms with van der Waals surface area (Å²) in [7, 11) is 1.52. The van der Waals surface area contributed by atoms with Gasteiger partial charge in [0.2, 0.25) is 5.89 Å². The number of ether oxygens (including phenoxy) is 1. The van der Waals surface area contributed by atoms with Gasteiger partial charge in [0.25, 0.3) is 11.7 Å². The lowest BCUT2D eigenvalue weighted by Crippen LogP contribution is -2.05. The Bertz CT molecular complexity index is 871. The molecule has 23 heavy (non-hydrogen) atoms. The van der Waals surface area contributed by atoms with Gasteiger partial charge in [0.15, 0.2) is 0 Å². The van der Waals surface area contributed by atoms with Crippen LogP contribution in [-0.2, 0) is 0 Å². The molecule has 3 aromatic rings. The molecule has 0 radical (unpaired) electrons. The molecule has 3 rings (SSSR count). The monoisotopic (exact) mass is 309 g/mol. The van der Waals surface area contributed by atoms with Crippen molar-refractivity contribution in [1.29, 1.82) is 0 Å². The molecule has 0 bridgehead atoms. The Morgan fingerprint density at radius 2 is 2.00 bits per heavy atom. The smallest absolute Gasteiger partial charge is 0.289 e. The highest BCUT2D eigenvalue weighted by atomic mass is 16.5. The van der Waals surface area contributed by atoms with Crippen molar-refractivity contribution in [3.8, 4) is 16.9 Å². The summed E-state index contributed by atoms with van der Waals surface area (Å²) >= 11 is 0. The predicted octanol–water partition coefficient (Wildman–Crippen LogP) is 2.99. The van der Waals surface area contributed by atoms with E-state index < -0.39 is 0 Å². The van der Waals surface area contributed by atoms with E-state index in [1.165, 1.54) is 7.11 Å². The number of benzene rings is 1. The molecule has 0 unspecified atom stereocenters. The lowest BCUT2D eigenvalue weighted by Gasteiger charge is -2.10. The highest BCUT2D eigenvalue weighted by Gasteiger charge is 2.20. The molecule has 0 aliphatic heterocycles. The minimum absolute atomic E-state index is 0.0499. The molecule has 0 N–H and O–H groups in total. The first-order valence-corrected chi connectivity index (χ1v) is 7.04. The maximum Gasteiger partial charge on any atom is 0.289 e. The number of pyridine rings is 1. The first-order valence-electron chi connectivity index (χ1n) is 7.04. The first-order chi connectivity index (χ1) is 11.1. The SMILES string of the molecule is COc1cc(-c2cnccc2C)ccc1C(=O)c1nnc(C)o1. The van der Waals surface area contributed by atoms with Crippen LogP contribution in [0.1, 0.15) is 27.7 Å². The fraction of sp³-hybridized carbons (Fsp3) is 0.176. The molecule has 0 aliphatic rings. The highest BCUT2D eigenvalue weighted by Crippen LogP contribution is 2.30. The summed E-state index contributed by atoms with van der Waals surface area (Å²) in [5, 5.41) is 7.44. The van der Waals surface area contributed by atoms with Gasteiger partial charge in [-0.25, -0.2) is 0 Å². The van der Waals surface area contributed by atoms with Crippen LogP contribution in [0, 0.1) is 13.8 Å². The molecular weight excluding hydrogens is 294 g/mol. The molecular formula is C17H15N3O3. The molecule has 0 atom stereocenters. The van der Waals surface area contributed by atoms with E-state index in [1.807, 2.05) is 19.1 Å². The lowest BCUT2D eigenvalue weighted by molar-refractivity contribution is 0.0998. The van der Waals surface area contributed by atoms with Gasteiger partial charge in [0.05, 0.1) is 12.7 Å². The van der Waals surface area contributed by atoms with E-state index in [2.05, 4.69) is 15.2 Å². The van der Waals surface area contributed by atoms with Crippen LogP contribution in [0.5, 0.6) is 5.75 Å². The number of hydrogen-bond acceptors (Lipinski definition) is 6. The van der Waals surface area contributed by atoms with Crippen LogP contribution in [0.25, 0.3) is 11.1 Å². The van der Waals surface area contributed by atoms with E-state index in [9.17, 15) is 4.79 Å². The standard InChI is InChI=1S/C17H15N3O3/c1-10-6-7-18-9-14(10)12-4-5-13(15(8-12)22-3)16(21)17-20-19-11(2)23-17/h4-9H,1-3H3. The van der Waals surface area contributed by atoms with E-state index in [1.54, 1.807) is 31.5 Å². The van der Waals surface area contributed by atoms with Crippen molar-refractivity contribution in [3.63, 3.8) is 0 Å². The van der Waals surface area contributed by atoms with Crippen LogP contribution in [0.15, 0.2) is 41.1 Å². The van der Waals surface area contributed by atoms with Crippen LogP contribution in [-0.4, -0.2) is 28.1 Å². The Labute approximate surface area is 133 Å². The molecule has 0 saturated carbocycles. The molecule has 0 fully saturated rings. The van der Waals surface area contributed by atoms with Gasteiger partial charge in [-0.1, -0.05) is 6.07 Å². The molecule has 116 valence electrons. The van der Waals surface area contributed by atoms with E-state index >= 15 is 0 Å². The number of methoxy groups -OCH3 is 1. The van der Waals surface area contributed by atoms with Gasteiger partial charge in [-0.3, -0.25) is 9.78 Å². The first kappa shape index (κ1) is 14.9. The van der Waals surface area contributed by atoms with Crippen LogP contribution in [0.3, 0.4) is 0 Å². The zero-order chi connectivity index (χ0) is 16.4. The summed E-state index contributed by atoms with van der Waals surface area (Å²) in [6.07, 6.45) is 3.53. The van der Waals surface area contributed by atoms with Gasteiger partial charge in [-0.05, 0) is 36.2 Å². The van der Waals surface area contributed by atoms with Crippen LogP contribution < -0.4 is 4.74 Å². The Morgan fingerprint density at radius 1 is 1.17 bits per heavy atom. The number of aromatic nitrogens is 3. The largest absolute Gasteiger partial charge is 0.496 e. The van der Waals surface area contributed by atoms with E-state index in [4.69, 9.17) is 9.15 Å². The van der Waals surface area contributed by atoms with Gasteiger partial charge in [0, 0.05) is 24.9 Å². The van der Waals surface area contributed by atoms with Gasteiger partial charge in [-0.2, -0.15) is 0 Å². The number of ketones is 1. The molecule has 0 amide bonds. The zero-order valence-electron chi connectivity index (χ0n) is 13.0. The third kappa shape index (κ3) is 2.83. The summed E-state index contributed by atoms with van der Waals surface area (Å²) in [5.41, 5.74) is 3.37. The van der Waals surface area contributed by atoms with Crippen LogP contribution in [0.2, 0.25) is 0 Å². The molecule has 0 spiro atoms. The van der Waals surface area contributed by atoms with Gasteiger partial charge in [0.1, 0.15) is 5.75 Å². The van der Waals surface area contributed by atoms with Crippen molar-refractivity contribution in [2.45, 2.75) is 13.8 Å². The van der Waals surface area contributed by atoms with Crippen molar-refractivity contribution in [2.75, 3.05) is 7.11 Å². The summed E-state index contributed by atoms with van der Waals surface area (Å²) in [4.78, 5) is 16.6. The van der Waals surface area contributed by atoms with Crippen molar-refractivity contribution in [1.82, 2.24) is 15.2 Å². The Morgan fingerprint density at radius 3 is 2.65 bits per heavy atom. The number of aryl methyl sites for hydroxylation is 2. The van der Waals surface area contributed by atoms with E-state index in [-0.39, 0.29) is 11.7 Å². The molecule has 2 aromatic heterocycles. The average molecular weight is 309 g/mol. The summed E-state index contributed by atoms with van der Waals surface area (Å²) < 4.78 is 10.6. The molecule has 6 nitrogen and oxygen atoms in total. The molecule has 2 heterocycles. The quantitative estimate of drug-likeness (QED) is 0.689. The number of hydrogen-bond donors (Lipinski definition) is 0. The van der Waals surface area contributed by atoms with Gasteiger partial charge in [-0.15, -0.1) is 10.2 Å². The Hall–Kier alpha value is -3.02. The maximum absolute atomic E-state index is 12.5. The molecule has 6 heteroatoms. The van der Waals surface area contributed by atoms with E-state index in [0.717, 1.165) is 16.7 Å². The minimum atomic E-state index is -0.364. The second-order valence-electron chi connectivity index (χ2n) is 5.06. The van der Waals surface area contributed by atoms with Crippen molar-refractivity contribution >= 4 is 5.78 Å². The lowest BCUT2D eigenvalue weighted by atomic mass is 9.99. The zero-order valence-corrected chi connectivity index (χ0v) is 13.0. The third-order valence-electron chi connectivity index (χ3n) is 3.52. The number of nitrogens with zero attached hydrogens (tertiary/aromatic N) is 3. The summed E-state index contributed by atoms with van der Waals surface area (Å²) in [6.45, 7) is 3.64. The van der Waals surface area contributed by atoms with Crippen molar-refractivity contribution in [3.05, 3.63) is 59.6 Å². The molecule has 1 aromatic carbocycles.